The lowest BCUT2D eigenvalue weighted by molar-refractivity contribution is 0.0953. The maximum absolute atomic E-state index is 11.7. The van der Waals surface area contributed by atoms with Crippen LogP contribution in [0.4, 0.5) is 0 Å². The fourth-order valence-electron chi connectivity index (χ4n) is 1.65. The van der Waals surface area contributed by atoms with Gasteiger partial charge in [-0.3, -0.25) is 9.48 Å². The maximum Gasteiger partial charge on any atom is 0.251 e. The first-order valence-electron chi connectivity index (χ1n) is 5.71. The van der Waals surface area contributed by atoms with Crippen molar-refractivity contribution in [1.82, 2.24) is 15.1 Å². The molecule has 1 aromatic carbocycles. The van der Waals surface area contributed by atoms with Gasteiger partial charge in [-0.25, -0.2) is 0 Å². The summed E-state index contributed by atoms with van der Waals surface area (Å²) in [5.41, 5.74) is 1.39. The van der Waals surface area contributed by atoms with E-state index in [-0.39, 0.29) is 11.7 Å². The van der Waals surface area contributed by atoms with Crippen LogP contribution >= 0.6 is 0 Å². The number of nitrogens with zero attached hydrogens (tertiary/aromatic N) is 2. The molecule has 0 radical (unpaired) electrons. The maximum atomic E-state index is 11.7. The van der Waals surface area contributed by atoms with Gasteiger partial charge in [0.15, 0.2) is 0 Å². The number of aromatic nitrogens is 2. The van der Waals surface area contributed by atoms with Gasteiger partial charge in [-0.05, 0) is 24.3 Å². The van der Waals surface area contributed by atoms with Gasteiger partial charge in [-0.1, -0.05) is 6.07 Å². The Balaban J connectivity index is 1.85. The first kappa shape index (κ1) is 12.2. The molecule has 0 aliphatic rings. The second-order valence-corrected chi connectivity index (χ2v) is 4.04. The zero-order valence-corrected chi connectivity index (χ0v) is 10.1. The molecule has 0 saturated heterocycles. The lowest BCUT2D eigenvalue weighted by Gasteiger charge is -2.04. The molecule has 0 atom stereocenters. The van der Waals surface area contributed by atoms with Gasteiger partial charge in [-0.2, -0.15) is 5.10 Å². The van der Waals surface area contributed by atoms with E-state index in [1.54, 1.807) is 16.8 Å². The third-order valence-corrected chi connectivity index (χ3v) is 2.54. The number of nitrogens with one attached hydrogen (secondary N) is 1. The predicted molar refractivity (Wildman–Crippen MR) is 67.4 cm³/mol. The summed E-state index contributed by atoms with van der Waals surface area (Å²) in [5.74, 6) is -0.103. The Morgan fingerprint density at radius 2 is 2.28 bits per heavy atom. The Morgan fingerprint density at radius 1 is 1.44 bits per heavy atom. The SMILES string of the molecule is Cn1ccc(CCNC(=O)c2cccc(O)c2)n1. The van der Waals surface area contributed by atoms with Crippen LogP contribution in [-0.4, -0.2) is 27.3 Å². The summed E-state index contributed by atoms with van der Waals surface area (Å²) in [6, 6.07) is 8.19. The Morgan fingerprint density at radius 3 is 2.94 bits per heavy atom. The number of aromatic hydroxyl groups is 1. The molecule has 2 N–H and O–H groups in total. The van der Waals surface area contributed by atoms with E-state index in [1.807, 2.05) is 19.3 Å². The molecule has 1 heterocycles. The molecule has 0 aliphatic heterocycles. The number of rotatable bonds is 4. The van der Waals surface area contributed by atoms with Crippen molar-refractivity contribution in [2.24, 2.45) is 7.05 Å². The van der Waals surface area contributed by atoms with Gasteiger partial charge in [0.2, 0.25) is 0 Å². The molecule has 5 heteroatoms. The Hall–Kier alpha value is -2.30. The minimum absolute atomic E-state index is 0.0902. The largest absolute Gasteiger partial charge is 0.508 e. The van der Waals surface area contributed by atoms with Crippen molar-refractivity contribution in [3.05, 3.63) is 47.8 Å². The number of hydrogen-bond acceptors (Lipinski definition) is 3. The average Bonchev–Trinajstić information content (AvgIpc) is 2.75. The third kappa shape index (κ3) is 3.10. The van der Waals surface area contributed by atoms with Crippen molar-refractivity contribution in [3.63, 3.8) is 0 Å². The Kier molecular flexibility index (Phi) is 3.62. The lowest BCUT2D eigenvalue weighted by Crippen LogP contribution is -2.25. The number of phenols is 1. The van der Waals surface area contributed by atoms with Gasteiger partial charge in [0.05, 0.1) is 5.69 Å². The van der Waals surface area contributed by atoms with Crippen molar-refractivity contribution in [2.75, 3.05) is 6.54 Å². The van der Waals surface area contributed by atoms with Crippen LogP contribution in [0.3, 0.4) is 0 Å². The minimum Gasteiger partial charge on any atom is -0.508 e. The summed E-state index contributed by atoms with van der Waals surface area (Å²) >= 11 is 0. The highest BCUT2D eigenvalue weighted by atomic mass is 16.3. The van der Waals surface area contributed by atoms with Crippen LogP contribution in [-0.2, 0) is 13.5 Å². The van der Waals surface area contributed by atoms with Gasteiger partial charge in [-0.15, -0.1) is 0 Å². The molecule has 94 valence electrons. The molecular weight excluding hydrogens is 230 g/mol. The number of amides is 1. The molecule has 0 fully saturated rings. The van der Waals surface area contributed by atoms with E-state index >= 15 is 0 Å². The zero-order chi connectivity index (χ0) is 13.0. The van der Waals surface area contributed by atoms with Crippen LogP contribution in [0.5, 0.6) is 5.75 Å². The summed E-state index contributed by atoms with van der Waals surface area (Å²) in [6.45, 7) is 0.519. The summed E-state index contributed by atoms with van der Waals surface area (Å²) in [4.78, 5) is 11.7. The van der Waals surface area contributed by atoms with E-state index in [9.17, 15) is 9.90 Å². The molecule has 0 aliphatic carbocycles. The fourth-order valence-corrected chi connectivity index (χ4v) is 1.65. The average molecular weight is 245 g/mol. The summed E-state index contributed by atoms with van der Waals surface area (Å²) in [5, 5.41) is 16.3. The molecule has 0 bridgehead atoms. The van der Waals surface area contributed by atoms with E-state index in [1.165, 1.54) is 12.1 Å². The summed E-state index contributed by atoms with van der Waals surface area (Å²) < 4.78 is 1.73. The second kappa shape index (κ2) is 5.35. The monoisotopic (exact) mass is 245 g/mol. The molecular formula is C13H15N3O2. The van der Waals surface area contributed by atoms with Gasteiger partial charge in [0.25, 0.3) is 5.91 Å². The van der Waals surface area contributed by atoms with Gasteiger partial charge in [0, 0.05) is 31.8 Å². The van der Waals surface area contributed by atoms with E-state index in [0.717, 1.165) is 5.69 Å². The van der Waals surface area contributed by atoms with Gasteiger partial charge >= 0.3 is 0 Å². The number of phenolic OH excluding ortho intramolecular Hbond substituents is 1. The molecule has 5 nitrogen and oxygen atoms in total. The predicted octanol–water partition coefficient (Wildman–Crippen LogP) is 1.10. The summed E-state index contributed by atoms with van der Waals surface area (Å²) in [6.07, 6.45) is 2.55. The van der Waals surface area contributed by atoms with E-state index in [2.05, 4.69) is 10.4 Å². The minimum atomic E-state index is -0.193. The van der Waals surface area contributed by atoms with E-state index < -0.39 is 0 Å². The number of hydrogen-bond donors (Lipinski definition) is 2. The van der Waals surface area contributed by atoms with Gasteiger partial charge < -0.3 is 10.4 Å². The van der Waals surface area contributed by atoms with Crippen molar-refractivity contribution in [1.29, 1.82) is 0 Å². The van der Waals surface area contributed by atoms with Crippen molar-refractivity contribution in [3.8, 4) is 5.75 Å². The molecule has 0 unspecified atom stereocenters. The highest BCUT2D eigenvalue weighted by Gasteiger charge is 2.05. The highest BCUT2D eigenvalue weighted by Crippen LogP contribution is 2.10. The van der Waals surface area contributed by atoms with Crippen molar-refractivity contribution < 1.29 is 9.90 Å². The smallest absolute Gasteiger partial charge is 0.251 e. The Labute approximate surface area is 105 Å². The molecule has 2 rings (SSSR count). The molecule has 0 spiro atoms. The number of aryl methyl sites for hydroxylation is 1. The van der Waals surface area contributed by atoms with Crippen LogP contribution in [0, 0.1) is 0 Å². The van der Waals surface area contributed by atoms with E-state index in [4.69, 9.17) is 0 Å². The first-order chi connectivity index (χ1) is 8.65. The molecule has 1 amide bonds. The van der Waals surface area contributed by atoms with Crippen LogP contribution in [0.15, 0.2) is 36.5 Å². The zero-order valence-electron chi connectivity index (χ0n) is 10.1. The van der Waals surface area contributed by atoms with Crippen LogP contribution in [0.1, 0.15) is 16.1 Å². The van der Waals surface area contributed by atoms with Crippen molar-refractivity contribution in [2.45, 2.75) is 6.42 Å². The second-order valence-electron chi connectivity index (χ2n) is 4.04. The van der Waals surface area contributed by atoms with Gasteiger partial charge in [0.1, 0.15) is 5.75 Å². The standard InChI is InChI=1S/C13H15N3O2/c1-16-8-6-11(15-16)5-7-14-13(18)10-3-2-4-12(17)9-10/h2-4,6,8-9,17H,5,7H2,1H3,(H,14,18). The van der Waals surface area contributed by atoms with Crippen LogP contribution in [0.2, 0.25) is 0 Å². The van der Waals surface area contributed by atoms with Crippen LogP contribution in [0.25, 0.3) is 0 Å². The molecule has 1 aromatic heterocycles. The number of benzene rings is 1. The molecule has 0 saturated carbocycles. The molecule has 18 heavy (non-hydrogen) atoms. The lowest BCUT2D eigenvalue weighted by atomic mass is 10.2. The van der Waals surface area contributed by atoms with E-state index in [0.29, 0.717) is 18.5 Å². The quantitative estimate of drug-likeness (QED) is 0.847. The molecule has 2 aromatic rings. The first-order valence-corrected chi connectivity index (χ1v) is 5.71. The number of carbonyl (C=O) groups excluding carboxylic acids is 1. The number of carbonyl (C=O) groups is 1. The Bertz CT molecular complexity index is 549. The summed E-state index contributed by atoms with van der Waals surface area (Å²) in [7, 11) is 1.86. The fraction of sp³-hybridized carbons (Fsp3) is 0.231. The van der Waals surface area contributed by atoms with Crippen molar-refractivity contribution >= 4 is 5.91 Å². The van der Waals surface area contributed by atoms with Crippen LogP contribution < -0.4 is 5.32 Å². The normalized spacial score (nSPS) is 10.3. The topological polar surface area (TPSA) is 67.2 Å². The third-order valence-electron chi connectivity index (χ3n) is 2.54. The highest BCUT2D eigenvalue weighted by molar-refractivity contribution is 5.94.